The number of benzene rings is 1. The Labute approximate surface area is 177 Å². The smallest absolute Gasteiger partial charge is 0.191 e. The van der Waals surface area contributed by atoms with E-state index < -0.39 is 0 Å². The highest BCUT2D eigenvalue weighted by atomic mass is 127. The predicted molar refractivity (Wildman–Crippen MR) is 119 cm³/mol. The molecule has 0 bridgehead atoms. The summed E-state index contributed by atoms with van der Waals surface area (Å²) in [5.41, 5.74) is 2.25. The summed E-state index contributed by atoms with van der Waals surface area (Å²) in [4.78, 5) is 13.0. The first-order valence-electron chi connectivity index (χ1n) is 8.73. The van der Waals surface area contributed by atoms with Crippen molar-refractivity contribution >= 4 is 29.9 Å². The van der Waals surface area contributed by atoms with E-state index in [1.54, 1.807) is 13.2 Å². The molecule has 0 radical (unpaired) electrons. The van der Waals surface area contributed by atoms with Crippen LogP contribution in [0.15, 0.2) is 72.1 Å². The molecule has 0 atom stereocenters. The molecule has 0 aliphatic heterocycles. The second-order valence-electron chi connectivity index (χ2n) is 5.88. The lowest BCUT2D eigenvalue weighted by Crippen LogP contribution is -2.38. The quantitative estimate of drug-likeness (QED) is 0.313. The summed E-state index contributed by atoms with van der Waals surface area (Å²) in [5, 5.41) is 6.60. The Balaban J connectivity index is 0.00000261. The van der Waals surface area contributed by atoms with Gasteiger partial charge in [-0.1, -0.05) is 36.4 Å². The van der Waals surface area contributed by atoms with E-state index in [0.717, 1.165) is 37.0 Å². The van der Waals surface area contributed by atoms with Crippen LogP contribution in [0.25, 0.3) is 0 Å². The number of aromatic nitrogens is 3. The molecular formula is C20H25IN6. The van der Waals surface area contributed by atoms with Crippen molar-refractivity contribution in [3.8, 4) is 0 Å². The Morgan fingerprint density at radius 1 is 1.00 bits per heavy atom. The number of hydrogen-bond donors (Lipinski definition) is 2. The Morgan fingerprint density at radius 2 is 1.81 bits per heavy atom. The van der Waals surface area contributed by atoms with Gasteiger partial charge in [-0.25, -0.2) is 4.98 Å². The number of aliphatic imine (C=N–C) groups is 1. The van der Waals surface area contributed by atoms with Crippen LogP contribution in [-0.4, -0.2) is 34.1 Å². The summed E-state index contributed by atoms with van der Waals surface area (Å²) < 4.78 is 2.18. The van der Waals surface area contributed by atoms with Crippen LogP contribution in [0.1, 0.15) is 17.1 Å². The highest BCUT2D eigenvalue weighted by Crippen LogP contribution is 2.05. The fraction of sp³-hybridized carbons (Fsp3) is 0.250. The van der Waals surface area contributed by atoms with E-state index in [2.05, 4.69) is 54.4 Å². The van der Waals surface area contributed by atoms with Gasteiger partial charge in [0.15, 0.2) is 5.96 Å². The van der Waals surface area contributed by atoms with Gasteiger partial charge in [0.2, 0.25) is 0 Å². The molecule has 2 N–H and O–H groups in total. The first kappa shape index (κ1) is 20.9. The first-order valence-corrected chi connectivity index (χ1v) is 8.73. The zero-order valence-corrected chi connectivity index (χ0v) is 17.7. The lowest BCUT2D eigenvalue weighted by molar-refractivity contribution is 0.693. The molecule has 0 unspecified atom stereocenters. The molecule has 27 heavy (non-hydrogen) atoms. The number of nitrogens with one attached hydrogen (secondary N) is 2. The number of rotatable bonds is 7. The zero-order chi connectivity index (χ0) is 18.0. The van der Waals surface area contributed by atoms with E-state index in [1.807, 2.05) is 36.7 Å². The number of guanidine groups is 1. The summed E-state index contributed by atoms with van der Waals surface area (Å²) >= 11 is 0. The highest BCUT2D eigenvalue weighted by Gasteiger charge is 2.05. The molecule has 0 spiro atoms. The van der Waals surface area contributed by atoms with Crippen molar-refractivity contribution in [3.63, 3.8) is 0 Å². The lowest BCUT2D eigenvalue weighted by atomic mass is 10.2. The van der Waals surface area contributed by atoms with E-state index in [-0.39, 0.29) is 24.0 Å². The van der Waals surface area contributed by atoms with Crippen molar-refractivity contribution in [2.75, 3.05) is 13.6 Å². The molecule has 6 nitrogen and oxygen atoms in total. The Morgan fingerprint density at radius 3 is 2.56 bits per heavy atom. The Bertz CT molecular complexity index is 817. The molecule has 2 aromatic heterocycles. The summed E-state index contributed by atoms with van der Waals surface area (Å²) in [5.74, 6) is 1.82. The van der Waals surface area contributed by atoms with E-state index in [9.17, 15) is 0 Å². The Hall–Kier alpha value is -2.42. The average Bonchev–Trinajstić information content (AvgIpc) is 3.13. The van der Waals surface area contributed by atoms with E-state index in [4.69, 9.17) is 0 Å². The van der Waals surface area contributed by atoms with Gasteiger partial charge in [0.05, 0.1) is 12.2 Å². The Kier molecular flexibility index (Phi) is 8.76. The monoisotopic (exact) mass is 476 g/mol. The molecule has 2 heterocycles. The van der Waals surface area contributed by atoms with Crippen LogP contribution in [-0.2, 0) is 19.5 Å². The molecular weight excluding hydrogens is 451 g/mol. The molecule has 7 heteroatoms. The van der Waals surface area contributed by atoms with Crippen LogP contribution in [0.4, 0.5) is 0 Å². The third kappa shape index (κ3) is 6.67. The van der Waals surface area contributed by atoms with Crippen molar-refractivity contribution in [1.29, 1.82) is 0 Å². The SMILES string of the molecule is CN=C(NCCc1nccn1Cc1ccccc1)NCc1ccccn1.I. The maximum atomic E-state index is 4.48. The average molecular weight is 476 g/mol. The summed E-state index contributed by atoms with van der Waals surface area (Å²) in [6.07, 6.45) is 6.49. The molecule has 142 valence electrons. The number of halogens is 1. The molecule has 0 aliphatic carbocycles. The minimum atomic E-state index is 0. The van der Waals surface area contributed by atoms with Crippen LogP contribution in [0, 0.1) is 0 Å². The molecule has 0 saturated carbocycles. The fourth-order valence-electron chi connectivity index (χ4n) is 2.68. The molecule has 3 rings (SSSR count). The number of hydrogen-bond acceptors (Lipinski definition) is 3. The van der Waals surface area contributed by atoms with E-state index >= 15 is 0 Å². The molecule has 0 saturated heterocycles. The fourth-order valence-corrected chi connectivity index (χ4v) is 2.68. The molecule has 0 aliphatic rings. The van der Waals surface area contributed by atoms with Crippen molar-refractivity contribution < 1.29 is 0 Å². The molecule has 1 aromatic carbocycles. The van der Waals surface area contributed by atoms with Crippen molar-refractivity contribution in [2.45, 2.75) is 19.5 Å². The van der Waals surface area contributed by atoms with Crippen molar-refractivity contribution in [1.82, 2.24) is 25.2 Å². The summed E-state index contributed by atoms with van der Waals surface area (Å²) in [6, 6.07) is 16.3. The maximum absolute atomic E-state index is 4.48. The van der Waals surface area contributed by atoms with Gasteiger partial charge >= 0.3 is 0 Å². The first-order chi connectivity index (χ1) is 12.8. The summed E-state index contributed by atoms with van der Waals surface area (Å²) in [6.45, 7) is 2.24. The van der Waals surface area contributed by atoms with Gasteiger partial charge in [-0.3, -0.25) is 9.98 Å². The number of pyridine rings is 1. The van der Waals surface area contributed by atoms with Crippen LogP contribution < -0.4 is 10.6 Å². The van der Waals surface area contributed by atoms with Crippen LogP contribution >= 0.6 is 24.0 Å². The van der Waals surface area contributed by atoms with Gasteiger partial charge in [0.1, 0.15) is 5.82 Å². The number of nitrogens with zero attached hydrogens (tertiary/aromatic N) is 4. The third-order valence-electron chi connectivity index (χ3n) is 4.03. The largest absolute Gasteiger partial charge is 0.356 e. The van der Waals surface area contributed by atoms with E-state index in [1.165, 1.54) is 5.56 Å². The summed E-state index contributed by atoms with van der Waals surface area (Å²) in [7, 11) is 1.77. The minimum absolute atomic E-state index is 0. The molecule has 0 fully saturated rings. The second-order valence-corrected chi connectivity index (χ2v) is 5.88. The topological polar surface area (TPSA) is 67.1 Å². The predicted octanol–water partition coefficient (Wildman–Crippen LogP) is 2.85. The maximum Gasteiger partial charge on any atom is 0.191 e. The van der Waals surface area contributed by atoms with Gasteiger partial charge in [-0.2, -0.15) is 0 Å². The van der Waals surface area contributed by atoms with Crippen LogP contribution in [0.2, 0.25) is 0 Å². The zero-order valence-electron chi connectivity index (χ0n) is 15.4. The minimum Gasteiger partial charge on any atom is -0.356 e. The highest BCUT2D eigenvalue weighted by molar-refractivity contribution is 14.0. The number of imidazole rings is 1. The van der Waals surface area contributed by atoms with Gasteiger partial charge in [-0.15, -0.1) is 24.0 Å². The van der Waals surface area contributed by atoms with Crippen molar-refractivity contribution in [3.05, 3.63) is 84.2 Å². The normalized spacial score (nSPS) is 10.9. The second kappa shape index (κ2) is 11.3. The van der Waals surface area contributed by atoms with Gasteiger partial charge in [0.25, 0.3) is 0 Å². The van der Waals surface area contributed by atoms with Gasteiger partial charge < -0.3 is 15.2 Å². The van der Waals surface area contributed by atoms with Crippen molar-refractivity contribution in [2.24, 2.45) is 4.99 Å². The van der Waals surface area contributed by atoms with Gasteiger partial charge in [-0.05, 0) is 17.7 Å². The molecule has 3 aromatic rings. The van der Waals surface area contributed by atoms with E-state index in [0.29, 0.717) is 6.54 Å². The van der Waals surface area contributed by atoms with Crippen LogP contribution in [0.3, 0.4) is 0 Å². The van der Waals surface area contributed by atoms with Crippen LogP contribution in [0.5, 0.6) is 0 Å². The standard InChI is InChI=1S/C20H24N6.HI/c1-21-20(25-15-18-9-5-6-11-22-18)24-12-10-19-23-13-14-26(19)16-17-7-3-2-4-8-17;/h2-9,11,13-14H,10,12,15-16H2,1H3,(H2,21,24,25);1H. The third-order valence-corrected chi connectivity index (χ3v) is 4.03. The van der Waals surface area contributed by atoms with Gasteiger partial charge in [0, 0.05) is 45.1 Å². The molecule has 0 amide bonds. The lowest BCUT2D eigenvalue weighted by Gasteiger charge is -2.12.